The van der Waals surface area contributed by atoms with Crippen LogP contribution in [0.25, 0.3) is 0 Å². The molecule has 0 aliphatic carbocycles. The first-order chi connectivity index (χ1) is 12.9. The van der Waals surface area contributed by atoms with Crippen LogP contribution in [0.2, 0.25) is 0 Å². The molecule has 0 radical (unpaired) electrons. The topological polar surface area (TPSA) is 95.5 Å². The van der Waals surface area contributed by atoms with Crippen molar-refractivity contribution in [2.75, 3.05) is 10.6 Å². The van der Waals surface area contributed by atoms with Crippen molar-refractivity contribution in [2.45, 2.75) is 6.92 Å². The van der Waals surface area contributed by atoms with Gasteiger partial charge in [0, 0.05) is 16.9 Å². The number of carbonyl (C=O) groups is 3. The summed E-state index contributed by atoms with van der Waals surface area (Å²) in [7, 11) is 0. The maximum atomic E-state index is 12.4. The third-order valence-electron chi connectivity index (χ3n) is 3.88. The second-order valence-electron chi connectivity index (χ2n) is 5.80. The number of thiophene rings is 1. The van der Waals surface area contributed by atoms with Gasteiger partial charge in [0.05, 0.1) is 10.4 Å². The summed E-state index contributed by atoms with van der Waals surface area (Å²) in [5, 5.41) is 16.4. The summed E-state index contributed by atoms with van der Waals surface area (Å²) in [4.78, 5) is 36.1. The van der Waals surface area contributed by atoms with Crippen molar-refractivity contribution in [3.05, 3.63) is 81.5 Å². The third-order valence-corrected chi connectivity index (χ3v) is 4.75. The average molecular weight is 380 g/mol. The summed E-state index contributed by atoms with van der Waals surface area (Å²) in [5.74, 6) is -1.63. The second kappa shape index (κ2) is 7.84. The third kappa shape index (κ3) is 4.39. The van der Waals surface area contributed by atoms with E-state index in [1.807, 2.05) is 5.38 Å². The van der Waals surface area contributed by atoms with Crippen LogP contribution in [0, 0.1) is 6.92 Å². The quantitative estimate of drug-likeness (QED) is 0.616. The minimum absolute atomic E-state index is 0.0996. The van der Waals surface area contributed by atoms with Crippen LogP contribution in [0.4, 0.5) is 11.4 Å². The molecule has 2 amide bonds. The van der Waals surface area contributed by atoms with Crippen molar-refractivity contribution in [2.24, 2.45) is 0 Å². The molecule has 0 saturated heterocycles. The molecule has 0 atom stereocenters. The highest BCUT2D eigenvalue weighted by atomic mass is 32.1. The normalized spacial score (nSPS) is 10.3. The fraction of sp³-hybridized carbons (Fsp3) is 0.0500. The molecule has 0 saturated carbocycles. The fourth-order valence-electron chi connectivity index (χ4n) is 2.39. The van der Waals surface area contributed by atoms with Crippen molar-refractivity contribution in [3.63, 3.8) is 0 Å². The number of nitrogens with one attached hydrogen (secondary N) is 2. The molecule has 0 fully saturated rings. The number of benzene rings is 2. The Morgan fingerprint density at radius 2 is 1.59 bits per heavy atom. The van der Waals surface area contributed by atoms with Crippen LogP contribution in [-0.2, 0) is 0 Å². The maximum absolute atomic E-state index is 12.4. The van der Waals surface area contributed by atoms with Crippen LogP contribution in [-0.4, -0.2) is 22.9 Å². The van der Waals surface area contributed by atoms with Gasteiger partial charge in [-0.05, 0) is 60.3 Å². The Kier molecular flexibility index (Phi) is 5.33. The molecule has 3 N–H and O–H groups in total. The van der Waals surface area contributed by atoms with Gasteiger partial charge in [-0.15, -0.1) is 11.3 Å². The van der Waals surface area contributed by atoms with Crippen molar-refractivity contribution < 1.29 is 19.5 Å². The zero-order valence-electron chi connectivity index (χ0n) is 14.4. The predicted octanol–water partition coefficient (Wildman–Crippen LogP) is 4.26. The van der Waals surface area contributed by atoms with Gasteiger partial charge >= 0.3 is 5.97 Å². The van der Waals surface area contributed by atoms with E-state index in [1.54, 1.807) is 49.4 Å². The van der Waals surface area contributed by atoms with Gasteiger partial charge in [0.25, 0.3) is 11.8 Å². The molecule has 27 heavy (non-hydrogen) atoms. The number of rotatable bonds is 5. The van der Waals surface area contributed by atoms with Gasteiger partial charge in [0.2, 0.25) is 0 Å². The van der Waals surface area contributed by atoms with E-state index in [-0.39, 0.29) is 17.4 Å². The Balaban J connectivity index is 1.70. The number of hydrogen-bond donors (Lipinski definition) is 3. The summed E-state index contributed by atoms with van der Waals surface area (Å²) >= 11 is 1.35. The Bertz CT molecular complexity index is 995. The smallest absolute Gasteiger partial charge is 0.335 e. The van der Waals surface area contributed by atoms with Gasteiger partial charge < -0.3 is 15.7 Å². The molecular formula is C20H16N2O4S. The van der Waals surface area contributed by atoms with Gasteiger partial charge in [-0.3, -0.25) is 9.59 Å². The highest BCUT2D eigenvalue weighted by molar-refractivity contribution is 7.12. The number of aryl methyl sites for hydroxylation is 1. The van der Waals surface area contributed by atoms with E-state index < -0.39 is 5.97 Å². The van der Waals surface area contributed by atoms with E-state index in [4.69, 9.17) is 5.11 Å². The molecule has 0 aliphatic heterocycles. The van der Waals surface area contributed by atoms with Crippen LogP contribution in [0.15, 0.2) is 60.0 Å². The van der Waals surface area contributed by atoms with Gasteiger partial charge in [-0.2, -0.15) is 0 Å². The Labute approximate surface area is 159 Å². The van der Waals surface area contributed by atoms with Crippen molar-refractivity contribution >= 4 is 40.5 Å². The minimum Gasteiger partial charge on any atom is -0.478 e. The highest BCUT2D eigenvalue weighted by Gasteiger charge is 2.12. The number of carboxylic acid groups (broad SMARTS) is 1. The van der Waals surface area contributed by atoms with Crippen molar-refractivity contribution in [1.82, 2.24) is 0 Å². The zero-order chi connectivity index (χ0) is 19.4. The lowest BCUT2D eigenvalue weighted by atomic mass is 10.1. The second-order valence-corrected chi connectivity index (χ2v) is 6.75. The van der Waals surface area contributed by atoms with Crippen LogP contribution in [0.1, 0.15) is 36.0 Å². The number of amides is 2. The first-order valence-electron chi connectivity index (χ1n) is 8.04. The molecule has 1 aromatic heterocycles. The van der Waals surface area contributed by atoms with Crippen LogP contribution < -0.4 is 10.6 Å². The Morgan fingerprint density at radius 3 is 2.22 bits per heavy atom. The van der Waals surface area contributed by atoms with E-state index in [0.717, 1.165) is 5.56 Å². The van der Waals surface area contributed by atoms with E-state index >= 15 is 0 Å². The molecule has 0 spiro atoms. The molecule has 2 aromatic carbocycles. The summed E-state index contributed by atoms with van der Waals surface area (Å²) in [6.45, 7) is 1.78. The number of carboxylic acids is 1. The molecule has 0 aliphatic rings. The Hall–Kier alpha value is -3.45. The van der Waals surface area contributed by atoms with Gasteiger partial charge in [-0.25, -0.2) is 4.79 Å². The number of carbonyl (C=O) groups excluding carboxylic acids is 2. The lowest BCUT2D eigenvalue weighted by Gasteiger charge is -2.10. The minimum atomic E-state index is -1.06. The molecule has 0 bridgehead atoms. The monoisotopic (exact) mass is 380 g/mol. The van der Waals surface area contributed by atoms with E-state index in [9.17, 15) is 14.4 Å². The van der Waals surface area contributed by atoms with Crippen molar-refractivity contribution in [1.29, 1.82) is 0 Å². The highest BCUT2D eigenvalue weighted by Crippen LogP contribution is 2.19. The summed E-state index contributed by atoms with van der Waals surface area (Å²) < 4.78 is 0. The predicted molar refractivity (Wildman–Crippen MR) is 105 cm³/mol. The first kappa shape index (κ1) is 18.3. The van der Waals surface area contributed by atoms with Crippen molar-refractivity contribution in [3.8, 4) is 0 Å². The van der Waals surface area contributed by atoms with E-state index in [1.165, 1.54) is 23.5 Å². The summed E-state index contributed by atoms with van der Waals surface area (Å²) in [6.07, 6.45) is 0. The molecule has 0 unspecified atom stereocenters. The largest absolute Gasteiger partial charge is 0.478 e. The van der Waals surface area contributed by atoms with E-state index in [0.29, 0.717) is 21.8 Å². The van der Waals surface area contributed by atoms with Gasteiger partial charge in [0.15, 0.2) is 0 Å². The first-order valence-corrected chi connectivity index (χ1v) is 8.92. The van der Waals surface area contributed by atoms with Gasteiger partial charge in [0.1, 0.15) is 0 Å². The maximum Gasteiger partial charge on any atom is 0.335 e. The standard InChI is InChI=1S/C20H16N2O4S/c1-12-4-5-14(20(25)26)11-16(12)22-18(23)13-6-8-15(9-7-13)21-19(24)17-3-2-10-27-17/h2-11H,1H3,(H,21,24)(H,22,23)(H,25,26). The number of anilines is 2. The Morgan fingerprint density at radius 1 is 0.889 bits per heavy atom. The summed E-state index contributed by atoms with van der Waals surface area (Å²) in [6, 6.07) is 14.5. The molecular weight excluding hydrogens is 364 g/mol. The van der Waals surface area contributed by atoms with E-state index in [2.05, 4.69) is 10.6 Å². The molecule has 3 aromatic rings. The lowest BCUT2D eigenvalue weighted by Crippen LogP contribution is -2.14. The van der Waals surface area contributed by atoms with Crippen LogP contribution in [0.5, 0.6) is 0 Å². The SMILES string of the molecule is Cc1ccc(C(=O)O)cc1NC(=O)c1ccc(NC(=O)c2cccs2)cc1. The summed E-state index contributed by atoms with van der Waals surface area (Å²) in [5.41, 5.74) is 2.27. The number of aromatic carboxylic acids is 1. The molecule has 3 rings (SSSR count). The molecule has 6 nitrogen and oxygen atoms in total. The van der Waals surface area contributed by atoms with Crippen LogP contribution >= 0.6 is 11.3 Å². The molecule has 7 heteroatoms. The molecule has 136 valence electrons. The zero-order valence-corrected chi connectivity index (χ0v) is 15.2. The van der Waals surface area contributed by atoms with Crippen LogP contribution in [0.3, 0.4) is 0 Å². The fourth-order valence-corrected chi connectivity index (χ4v) is 3.01. The lowest BCUT2D eigenvalue weighted by molar-refractivity contribution is 0.0696. The van der Waals surface area contributed by atoms with Gasteiger partial charge in [-0.1, -0.05) is 12.1 Å². The molecule has 1 heterocycles. The average Bonchev–Trinajstić information content (AvgIpc) is 3.18. The number of hydrogen-bond acceptors (Lipinski definition) is 4.